The summed E-state index contributed by atoms with van der Waals surface area (Å²) in [5.74, 6) is 0.102. The van der Waals surface area contributed by atoms with E-state index in [4.69, 9.17) is 14.2 Å². The first-order chi connectivity index (χ1) is 12.0. The Kier molecular flexibility index (Phi) is 6.12. The molecule has 2 rings (SSSR count). The number of hydrogen-bond acceptors (Lipinski definition) is 9. The van der Waals surface area contributed by atoms with Gasteiger partial charge in [0.1, 0.15) is 11.5 Å². The van der Waals surface area contributed by atoms with E-state index in [0.29, 0.717) is 11.5 Å². The zero-order valence-corrected chi connectivity index (χ0v) is 14.7. The predicted octanol–water partition coefficient (Wildman–Crippen LogP) is 2.86. The van der Waals surface area contributed by atoms with Crippen LogP contribution in [0.2, 0.25) is 0 Å². The summed E-state index contributed by atoms with van der Waals surface area (Å²) in [4.78, 5) is 26.0. The highest BCUT2D eigenvalue weighted by Crippen LogP contribution is 2.33. The van der Waals surface area contributed by atoms with Crippen molar-refractivity contribution in [2.45, 2.75) is 13.5 Å². The van der Waals surface area contributed by atoms with Crippen molar-refractivity contribution in [3.8, 4) is 11.5 Å². The number of ether oxygens (including phenoxy) is 3. The van der Waals surface area contributed by atoms with Crippen molar-refractivity contribution in [1.29, 1.82) is 0 Å². The van der Waals surface area contributed by atoms with Crippen molar-refractivity contribution in [2.24, 2.45) is 0 Å². The van der Waals surface area contributed by atoms with Crippen molar-refractivity contribution in [3.63, 3.8) is 0 Å². The molecule has 1 aromatic carbocycles. The summed E-state index contributed by atoms with van der Waals surface area (Å²) in [6.07, 6.45) is 0. The lowest BCUT2D eigenvalue weighted by Crippen LogP contribution is -2.04. The minimum atomic E-state index is -0.689. The Morgan fingerprint density at radius 3 is 2.72 bits per heavy atom. The van der Waals surface area contributed by atoms with E-state index in [2.05, 4.69) is 10.3 Å². The van der Waals surface area contributed by atoms with Gasteiger partial charge in [-0.1, -0.05) is 11.3 Å². The molecule has 2 aromatic rings. The van der Waals surface area contributed by atoms with Crippen molar-refractivity contribution < 1.29 is 23.9 Å². The highest BCUT2D eigenvalue weighted by atomic mass is 32.1. The molecule has 0 aliphatic carbocycles. The number of nitrogens with zero attached hydrogens (tertiary/aromatic N) is 2. The van der Waals surface area contributed by atoms with Crippen LogP contribution in [0, 0.1) is 10.1 Å². The summed E-state index contributed by atoms with van der Waals surface area (Å²) >= 11 is 0.872. The lowest BCUT2D eigenvalue weighted by Gasteiger charge is -2.10. The quantitative estimate of drug-likeness (QED) is 0.430. The van der Waals surface area contributed by atoms with Crippen LogP contribution in [-0.4, -0.2) is 36.7 Å². The van der Waals surface area contributed by atoms with Gasteiger partial charge in [0.25, 0.3) is 0 Å². The largest absolute Gasteiger partial charge is 0.497 e. The van der Waals surface area contributed by atoms with E-state index >= 15 is 0 Å². The van der Waals surface area contributed by atoms with Gasteiger partial charge in [-0.2, -0.15) is 0 Å². The number of carbonyl (C=O) groups excluding carboxylic acids is 1. The molecule has 0 bridgehead atoms. The Morgan fingerprint density at radius 1 is 1.36 bits per heavy atom. The average Bonchev–Trinajstić information content (AvgIpc) is 3.04. The van der Waals surface area contributed by atoms with Gasteiger partial charge in [-0.25, -0.2) is 4.79 Å². The molecule has 0 aliphatic rings. The number of benzene rings is 1. The Hall–Kier alpha value is -2.88. The molecule has 10 heteroatoms. The molecule has 25 heavy (non-hydrogen) atoms. The van der Waals surface area contributed by atoms with Crippen LogP contribution < -0.4 is 14.8 Å². The Labute approximate surface area is 147 Å². The van der Waals surface area contributed by atoms with E-state index in [1.165, 1.54) is 7.11 Å². The molecule has 0 unspecified atom stereocenters. The molecular weight excluding hydrogens is 350 g/mol. The van der Waals surface area contributed by atoms with Crippen LogP contribution in [0.25, 0.3) is 0 Å². The van der Waals surface area contributed by atoms with Gasteiger partial charge in [0.15, 0.2) is 5.00 Å². The topological polar surface area (TPSA) is 113 Å². The monoisotopic (exact) mass is 367 g/mol. The van der Waals surface area contributed by atoms with Gasteiger partial charge in [0.05, 0.1) is 20.8 Å². The van der Waals surface area contributed by atoms with Gasteiger partial charge in [-0.05, 0) is 29.0 Å². The number of thiazole rings is 1. The minimum absolute atomic E-state index is 0.0715. The van der Waals surface area contributed by atoms with Gasteiger partial charge in [-0.3, -0.25) is 0 Å². The Bertz CT molecular complexity index is 777. The van der Waals surface area contributed by atoms with Gasteiger partial charge < -0.3 is 29.6 Å². The van der Waals surface area contributed by atoms with Crippen molar-refractivity contribution in [2.75, 3.05) is 26.1 Å². The normalized spacial score (nSPS) is 10.2. The second-order valence-electron chi connectivity index (χ2n) is 4.68. The molecule has 1 aromatic heterocycles. The molecule has 0 aliphatic heterocycles. The maximum Gasteiger partial charge on any atom is 0.399 e. The first kappa shape index (κ1) is 18.5. The van der Waals surface area contributed by atoms with E-state index in [9.17, 15) is 14.9 Å². The maximum absolute atomic E-state index is 11.7. The standard InChI is InChI=1S/C15H17N3O6S/c1-4-24-15(19)14-17-12(18(20)21)13(25-14)16-8-9-5-6-10(22-2)7-11(9)23-3/h5-7,16H,4,8H2,1-3H3. The predicted molar refractivity (Wildman–Crippen MR) is 91.6 cm³/mol. The first-order valence-electron chi connectivity index (χ1n) is 7.27. The molecule has 0 atom stereocenters. The molecule has 0 saturated carbocycles. The van der Waals surface area contributed by atoms with Crippen molar-refractivity contribution in [3.05, 3.63) is 38.9 Å². The summed E-state index contributed by atoms with van der Waals surface area (Å²) in [5, 5.41) is 14.2. The maximum atomic E-state index is 11.7. The fraction of sp³-hybridized carbons (Fsp3) is 0.333. The van der Waals surface area contributed by atoms with Crippen LogP contribution in [0.4, 0.5) is 10.8 Å². The number of aromatic nitrogens is 1. The summed E-state index contributed by atoms with van der Waals surface area (Å²) < 4.78 is 15.2. The number of nitrogens with one attached hydrogen (secondary N) is 1. The minimum Gasteiger partial charge on any atom is -0.497 e. The molecule has 0 radical (unpaired) electrons. The van der Waals surface area contributed by atoms with E-state index < -0.39 is 16.7 Å². The molecule has 9 nitrogen and oxygen atoms in total. The molecule has 0 amide bonds. The number of anilines is 1. The fourth-order valence-electron chi connectivity index (χ4n) is 2.00. The molecule has 0 fully saturated rings. The smallest absolute Gasteiger partial charge is 0.399 e. The zero-order valence-electron chi connectivity index (χ0n) is 13.9. The third-order valence-corrected chi connectivity index (χ3v) is 4.15. The molecule has 0 spiro atoms. The average molecular weight is 367 g/mol. The Morgan fingerprint density at radius 2 is 2.12 bits per heavy atom. The second kappa shape index (κ2) is 8.29. The van der Waals surface area contributed by atoms with Crippen molar-refractivity contribution in [1.82, 2.24) is 4.98 Å². The summed E-state index contributed by atoms with van der Waals surface area (Å²) in [6, 6.07) is 5.25. The van der Waals surface area contributed by atoms with Crippen LogP contribution in [0.1, 0.15) is 22.3 Å². The number of esters is 1. The lowest BCUT2D eigenvalue weighted by molar-refractivity contribution is -0.388. The van der Waals surface area contributed by atoms with Gasteiger partial charge >= 0.3 is 16.8 Å². The number of hydrogen-bond donors (Lipinski definition) is 1. The van der Waals surface area contributed by atoms with Gasteiger partial charge in [0, 0.05) is 18.2 Å². The SMILES string of the molecule is CCOC(=O)c1nc([N+](=O)[O-])c(NCc2ccc(OC)cc2OC)s1. The zero-order chi connectivity index (χ0) is 18.4. The number of methoxy groups -OCH3 is 2. The van der Waals surface area contributed by atoms with Crippen LogP contribution in [0.5, 0.6) is 11.5 Å². The summed E-state index contributed by atoms with van der Waals surface area (Å²) in [6.45, 7) is 2.06. The van der Waals surface area contributed by atoms with Crippen LogP contribution >= 0.6 is 11.3 Å². The van der Waals surface area contributed by atoms with Crippen LogP contribution in [0.3, 0.4) is 0 Å². The highest BCUT2D eigenvalue weighted by molar-refractivity contribution is 7.18. The summed E-state index contributed by atoms with van der Waals surface area (Å²) in [7, 11) is 3.07. The van der Waals surface area contributed by atoms with E-state index in [-0.39, 0.29) is 23.2 Å². The highest BCUT2D eigenvalue weighted by Gasteiger charge is 2.28. The molecular formula is C15H17N3O6S. The molecule has 1 heterocycles. The summed E-state index contributed by atoms with van der Waals surface area (Å²) in [5.41, 5.74) is 0.767. The molecule has 1 N–H and O–H groups in total. The number of nitro groups is 1. The van der Waals surface area contributed by atoms with Crippen LogP contribution in [0.15, 0.2) is 18.2 Å². The third kappa shape index (κ3) is 4.35. The van der Waals surface area contributed by atoms with Gasteiger partial charge in [0.2, 0.25) is 0 Å². The second-order valence-corrected chi connectivity index (χ2v) is 5.68. The first-order valence-corrected chi connectivity index (χ1v) is 8.08. The van der Waals surface area contributed by atoms with Crippen molar-refractivity contribution >= 4 is 28.1 Å². The van der Waals surface area contributed by atoms with Gasteiger partial charge in [-0.15, -0.1) is 0 Å². The molecule has 134 valence electrons. The molecule has 0 saturated heterocycles. The van der Waals surface area contributed by atoms with E-state index in [1.54, 1.807) is 32.2 Å². The number of rotatable bonds is 8. The third-order valence-electron chi connectivity index (χ3n) is 3.17. The fourth-order valence-corrected chi connectivity index (χ4v) is 2.83. The lowest BCUT2D eigenvalue weighted by atomic mass is 10.2. The van der Waals surface area contributed by atoms with E-state index in [0.717, 1.165) is 16.9 Å². The Balaban J connectivity index is 2.22. The van der Waals surface area contributed by atoms with Crippen LogP contribution in [-0.2, 0) is 11.3 Å². The number of carbonyl (C=O) groups is 1. The van der Waals surface area contributed by atoms with E-state index in [1.807, 2.05) is 0 Å².